The van der Waals surface area contributed by atoms with E-state index in [9.17, 15) is 0 Å². The van der Waals surface area contributed by atoms with Crippen molar-refractivity contribution in [1.82, 2.24) is 9.97 Å². The molecule has 0 aromatic carbocycles. The van der Waals surface area contributed by atoms with Crippen LogP contribution in [-0.2, 0) is 16.1 Å². The van der Waals surface area contributed by atoms with Crippen molar-refractivity contribution in [3.05, 3.63) is 11.9 Å². The second kappa shape index (κ2) is 8.66. The Hall–Kier alpha value is -1.40. The number of aromatic nitrogens is 2. The molecular formula is C12H21N3O3. The molecule has 0 spiro atoms. The number of nitrogens with one attached hydrogen (secondary N) is 1. The molecule has 1 aromatic heterocycles. The van der Waals surface area contributed by atoms with Crippen LogP contribution in [0.2, 0.25) is 0 Å². The Bertz CT molecular complexity index is 323. The van der Waals surface area contributed by atoms with Gasteiger partial charge in [-0.25, -0.2) is 4.98 Å². The molecule has 102 valence electrons. The van der Waals surface area contributed by atoms with Crippen LogP contribution in [0.4, 0.5) is 5.82 Å². The monoisotopic (exact) mass is 255 g/mol. The summed E-state index contributed by atoms with van der Waals surface area (Å²) in [4.78, 5) is 8.55. The summed E-state index contributed by atoms with van der Waals surface area (Å²) in [5.74, 6) is 1.88. The summed E-state index contributed by atoms with van der Waals surface area (Å²) in [6, 6.07) is 1.77. The minimum Gasteiger partial charge on any atom is -0.475 e. The number of rotatable bonds is 9. The fraction of sp³-hybridized carbons (Fsp3) is 0.667. The average molecular weight is 255 g/mol. The van der Waals surface area contributed by atoms with E-state index in [4.69, 9.17) is 14.2 Å². The van der Waals surface area contributed by atoms with E-state index >= 15 is 0 Å². The van der Waals surface area contributed by atoms with Gasteiger partial charge in [-0.15, -0.1) is 0 Å². The van der Waals surface area contributed by atoms with Gasteiger partial charge in [-0.1, -0.05) is 0 Å². The second-order valence-electron chi connectivity index (χ2n) is 3.52. The highest BCUT2D eigenvalue weighted by molar-refractivity contribution is 5.38. The first-order valence-electron chi connectivity index (χ1n) is 6.11. The molecule has 0 bridgehead atoms. The van der Waals surface area contributed by atoms with Crippen molar-refractivity contribution in [2.24, 2.45) is 0 Å². The lowest BCUT2D eigenvalue weighted by Crippen LogP contribution is -2.10. The lowest BCUT2D eigenvalue weighted by molar-refractivity contribution is 0.108. The van der Waals surface area contributed by atoms with Gasteiger partial charge in [-0.2, -0.15) is 4.98 Å². The van der Waals surface area contributed by atoms with Crippen LogP contribution in [0.3, 0.4) is 0 Å². The molecule has 0 aliphatic rings. The third-order valence-corrected chi connectivity index (χ3v) is 2.06. The number of ether oxygens (including phenoxy) is 3. The Kier molecular flexibility index (Phi) is 7.05. The molecule has 0 atom stereocenters. The van der Waals surface area contributed by atoms with E-state index in [0.717, 1.165) is 12.4 Å². The van der Waals surface area contributed by atoms with Gasteiger partial charge >= 0.3 is 0 Å². The van der Waals surface area contributed by atoms with Crippen molar-refractivity contribution >= 4 is 5.82 Å². The Morgan fingerprint density at radius 3 is 2.72 bits per heavy atom. The zero-order valence-corrected chi connectivity index (χ0v) is 11.2. The molecular weight excluding hydrogens is 234 g/mol. The zero-order valence-electron chi connectivity index (χ0n) is 11.2. The summed E-state index contributed by atoms with van der Waals surface area (Å²) in [5, 5.41) is 3.13. The number of hydrogen-bond acceptors (Lipinski definition) is 6. The van der Waals surface area contributed by atoms with Crippen molar-refractivity contribution < 1.29 is 14.2 Å². The third-order valence-electron chi connectivity index (χ3n) is 2.06. The van der Waals surface area contributed by atoms with E-state index < -0.39 is 0 Å². The summed E-state index contributed by atoms with van der Waals surface area (Å²) < 4.78 is 15.7. The highest BCUT2D eigenvalue weighted by Crippen LogP contribution is 2.14. The predicted octanol–water partition coefficient (Wildman–Crippen LogP) is 1.47. The topological polar surface area (TPSA) is 65.5 Å². The van der Waals surface area contributed by atoms with Crippen LogP contribution in [0.1, 0.15) is 19.7 Å². The first-order valence-corrected chi connectivity index (χ1v) is 6.11. The second-order valence-corrected chi connectivity index (χ2v) is 3.52. The van der Waals surface area contributed by atoms with Crippen LogP contribution in [0.15, 0.2) is 6.07 Å². The zero-order chi connectivity index (χ0) is 13.2. The van der Waals surface area contributed by atoms with Gasteiger partial charge < -0.3 is 19.5 Å². The largest absolute Gasteiger partial charge is 0.475 e. The lowest BCUT2D eigenvalue weighted by atomic mass is 10.5. The average Bonchev–Trinajstić information content (AvgIpc) is 2.35. The lowest BCUT2D eigenvalue weighted by Gasteiger charge is -2.09. The van der Waals surface area contributed by atoms with E-state index in [1.165, 1.54) is 0 Å². The van der Waals surface area contributed by atoms with E-state index in [0.29, 0.717) is 38.1 Å². The quantitative estimate of drug-likeness (QED) is 0.674. The molecule has 1 N–H and O–H groups in total. The van der Waals surface area contributed by atoms with Gasteiger partial charge in [0.2, 0.25) is 5.88 Å². The summed E-state index contributed by atoms with van der Waals surface area (Å²) in [6.45, 7) is 6.82. The van der Waals surface area contributed by atoms with Crippen LogP contribution < -0.4 is 10.1 Å². The number of anilines is 1. The van der Waals surface area contributed by atoms with E-state index in [1.54, 1.807) is 13.2 Å². The van der Waals surface area contributed by atoms with Crippen LogP contribution >= 0.6 is 0 Å². The fourth-order valence-electron chi connectivity index (χ4n) is 1.36. The molecule has 1 heterocycles. The summed E-state index contributed by atoms with van der Waals surface area (Å²) >= 11 is 0. The van der Waals surface area contributed by atoms with Gasteiger partial charge in [0, 0.05) is 26.3 Å². The van der Waals surface area contributed by atoms with Gasteiger partial charge in [0.05, 0.1) is 6.61 Å². The molecule has 18 heavy (non-hydrogen) atoms. The highest BCUT2D eigenvalue weighted by Gasteiger charge is 2.05. The molecule has 0 aliphatic heterocycles. The van der Waals surface area contributed by atoms with E-state index in [2.05, 4.69) is 15.3 Å². The van der Waals surface area contributed by atoms with Gasteiger partial charge in [0.1, 0.15) is 19.0 Å². The molecule has 0 fully saturated rings. The maximum Gasteiger partial charge on any atom is 0.218 e. The van der Waals surface area contributed by atoms with Crippen molar-refractivity contribution in [2.45, 2.75) is 20.5 Å². The van der Waals surface area contributed by atoms with Crippen molar-refractivity contribution in [3.63, 3.8) is 0 Å². The minimum absolute atomic E-state index is 0.362. The first kappa shape index (κ1) is 14.7. The van der Waals surface area contributed by atoms with Crippen LogP contribution in [0.5, 0.6) is 5.88 Å². The van der Waals surface area contributed by atoms with Crippen molar-refractivity contribution in [1.29, 1.82) is 0 Å². The molecule has 0 saturated heterocycles. The number of nitrogens with zero attached hydrogens (tertiary/aromatic N) is 2. The van der Waals surface area contributed by atoms with Gasteiger partial charge in [-0.3, -0.25) is 0 Å². The Morgan fingerprint density at radius 2 is 2.06 bits per heavy atom. The van der Waals surface area contributed by atoms with Crippen LogP contribution in [0, 0.1) is 0 Å². The SMILES string of the molecule is CCNc1cc(OCCOCC)nc(COC)n1. The number of methoxy groups -OCH3 is 1. The van der Waals surface area contributed by atoms with E-state index in [1.807, 2.05) is 13.8 Å². The van der Waals surface area contributed by atoms with Gasteiger partial charge in [-0.05, 0) is 13.8 Å². The van der Waals surface area contributed by atoms with Crippen molar-refractivity contribution in [2.75, 3.05) is 38.8 Å². The Morgan fingerprint density at radius 1 is 1.22 bits per heavy atom. The minimum atomic E-state index is 0.362. The maximum atomic E-state index is 5.51. The molecule has 0 radical (unpaired) electrons. The Balaban J connectivity index is 2.63. The van der Waals surface area contributed by atoms with Crippen LogP contribution in [0.25, 0.3) is 0 Å². The van der Waals surface area contributed by atoms with Gasteiger partial charge in [0.25, 0.3) is 0 Å². The van der Waals surface area contributed by atoms with E-state index in [-0.39, 0.29) is 0 Å². The molecule has 1 rings (SSSR count). The first-order chi connectivity index (χ1) is 8.80. The molecule has 6 nitrogen and oxygen atoms in total. The Labute approximate surface area is 108 Å². The predicted molar refractivity (Wildman–Crippen MR) is 68.9 cm³/mol. The van der Waals surface area contributed by atoms with Gasteiger partial charge in [0.15, 0.2) is 5.82 Å². The van der Waals surface area contributed by atoms with Crippen molar-refractivity contribution in [3.8, 4) is 5.88 Å². The third kappa shape index (κ3) is 5.29. The molecule has 0 aliphatic carbocycles. The normalized spacial score (nSPS) is 10.4. The summed E-state index contributed by atoms with van der Waals surface area (Å²) in [5.41, 5.74) is 0. The number of hydrogen-bond donors (Lipinski definition) is 1. The molecule has 0 unspecified atom stereocenters. The summed E-state index contributed by atoms with van der Waals surface area (Å²) in [6.07, 6.45) is 0. The summed E-state index contributed by atoms with van der Waals surface area (Å²) in [7, 11) is 1.61. The molecule has 6 heteroatoms. The fourth-order valence-corrected chi connectivity index (χ4v) is 1.36. The molecule has 0 saturated carbocycles. The maximum absolute atomic E-state index is 5.51. The van der Waals surface area contributed by atoms with Crippen LogP contribution in [-0.4, -0.2) is 43.4 Å². The standard InChI is InChI=1S/C12H21N3O3/c1-4-13-10-8-12(18-7-6-17-5-2)15-11(14-10)9-16-3/h8H,4-7,9H2,1-3H3,(H,13,14,15). The molecule has 1 aromatic rings. The smallest absolute Gasteiger partial charge is 0.218 e. The molecule has 0 amide bonds. The highest BCUT2D eigenvalue weighted by atomic mass is 16.5.